The molecule has 1 nitrogen and oxygen atoms in total. The lowest BCUT2D eigenvalue weighted by molar-refractivity contribution is 0.158. The van der Waals surface area contributed by atoms with E-state index in [9.17, 15) is 8.78 Å². The largest absolute Gasteiger partial charge is 0.460 e. The molecule has 134 valence electrons. The van der Waals surface area contributed by atoms with E-state index in [2.05, 4.69) is 11.7 Å². The fourth-order valence-corrected chi connectivity index (χ4v) is 4.94. The van der Waals surface area contributed by atoms with Crippen LogP contribution in [0.15, 0.2) is 18.2 Å². The van der Waals surface area contributed by atoms with E-state index in [1.165, 1.54) is 44.9 Å². The molecule has 0 aromatic heterocycles. The van der Waals surface area contributed by atoms with Gasteiger partial charge < -0.3 is 4.74 Å². The summed E-state index contributed by atoms with van der Waals surface area (Å²) in [5.74, 6) is 2.78. The Hall–Kier alpha value is -1.12. The minimum atomic E-state index is -0.984. The fraction of sp³-hybridized carbons (Fsp3) is 0.714. The summed E-state index contributed by atoms with van der Waals surface area (Å²) in [5.41, 5.74) is 1.05. The molecule has 0 aliphatic heterocycles. The maximum Gasteiger partial charge on any atom is 0.228 e. The number of halogens is 2. The smallest absolute Gasteiger partial charge is 0.228 e. The zero-order valence-corrected chi connectivity index (χ0v) is 14.8. The first-order valence-corrected chi connectivity index (χ1v) is 9.69. The Labute approximate surface area is 144 Å². The number of alkyl halides is 1. The van der Waals surface area contributed by atoms with Gasteiger partial charge in [-0.2, -0.15) is 0 Å². The van der Waals surface area contributed by atoms with Gasteiger partial charge in [0.25, 0.3) is 0 Å². The van der Waals surface area contributed by atoms with Gasteiger partial charge in [0, 0.05) is 0 Å². The molecule has 0 amide bonds. The SMILES string of the molecule is CCC1CCC(C2CCC(c3ccc(OCF)c(F)c3)CC2)CC1. The number of rotatable bonds is 5. The van der Waals surface area contributed by atoms with Crippen LogP contribution in [0, 0.1) is 23.6 Å². The van der Waals surface area contributed by atoms with Crippen molar-refractivity contribution in [2.24, 2.45) is 17.8 Å². The molecule has 0 bridgehead atoms. The number of benzene rings is 1. The first-order valence-electron chi connectivity index (χ1n) is 9.69. The molecule has 0 heterocycles. The zero-order valence-electron chi connectivity index (χ0n) is 14.8. The third-order valence-corrected chi connectivity index (χ3v) is 6.54. The Balaban J connectivity index is 1.52. The van der Waals surface area contributed by atoms with Crippen LogP contribution in [-0.2, 0) is 0 Å². The van der Waals surface area contributed by atoms with Gasteiger partial charge in [0.05, 0.1) is 0 Å². The summed E-state index contributed by atoms with van der Waals surface area (Å²) in [6.07, 6.45) is 11.9. The van der Waals surface area contributed by atoms with Crippen molar-refractivity contribution < 1.29 is 13.5 Å². The summed E-state index contributed by atoms with van der Waals surface area (Å²) in [6, 6.07) is 5.02. The summed E-state index contributed by atoms with van der Waals surface area (Å²) in [6.45, 7) is 1.33. The molecule has 2 fully saturated rings. The van der Waals surface area contributed by atoms with Gasteiger partial charge in [-0.3, -0.25) is 0 Å². The Morgan fingerprint density at radius 2 is 1.58 bits per heavy atom. The zero-order chi connectivity index (χ0) is 16.9. The molecule has 0 radical (unpaired) electrons. The van der Waals surface area contributed by atoms with Crippen LogP contribution in [0.25, 0.3) is 0 Å². The molecule has 3 heteroatoms. The van der Waals surface area contributed by atoms with Gasteiger partial charge in [-0.1, -0.05) is 32.3 Å². The first-order chi connectivity index (χ1) is 11.7. The van der Waals surface area contributed by atoms with E-state index in [1.807, 2.05) is 6.07 Å². The van der Waals surface area contributed by atoms with Gasteiger partial charge in [0.2, 0.25) is 6.86 Å². The van der Waals surface area contributed by atoms with Crippen LogP contribution in [0.5, 0.6) is 5.75 Å². The van der Waals surface area contributed by atoms with E-state index in [0.29, 0.717) is 5.92 Å². The summed E-state index contributed by atoms with van der Waals surface area (Å²) >= 11 is 0. The van der Waals surface area contributed by atoms with Crippen molar-refractivity contribution in [2.45, 2.75) is 70.6 Å². The molecule has 24 heavy (non-hydrogen) atoms. The second-order valence-electron chi connectivity index (χ2n) is 7.74. The van der Waals surface area contributed by atoms with E-state index in [4.69, 9.17) is 0 Å². The highest BCUT2D eigenvalue weighted by Gasteiger charge is 2.31. The molecule has 3 rings (SSSR count). The number of hydrogen-bond acceptors (Lipinski definition) is 1. The molecule has 0 saturated heterocycles. The minimum absolute atomic E-state index is 0.0163. The van der Waals surface area contributed by atoms with Gasteiger partial charge in [-0.05, 0) is 79.9 Å². The normalized spacial score (nSPS) is 31.0. The van der Waals surface area contributed by atoms with Crippen molar-refractivity contribution in [3.8, 4) is 5.75 Å². The molecule has 2 saturated carbocycles. The van der Waals surface area contributed by atoms with E-state index in [-0.39, 0.29) is 5.75 Å². The van der Waals surface area contributed by atoms with Crippen LogP contribution in [0.2, 0.25) is 0 Å². The lowest BCUT2D eigenvalue weighted by Gasteiger charge is -2.38. The predicted molar refractivity (Wildman–Crippen MR) is 93.4 cm³/mol. The molecular formula is C21H30F2O. The molecule has 0 N–H and O–H groups in total. The highest BCUT2D eigenvalue weighted by atomic mass is 19.1. The predicted octanol–water partition coefficient (Wildman–Crippen LogP) is 6.62. The molecule has 0 unspecified atom stereocenters. The molecular weight excluding hydrogens is 306 g/mol. The lowest BCUT2D eigenvalue weighted by Crippen LogP contribution is -2.25. The maximum atomic E-state index is 13.9. The van der Waals surface area contributed by atoms with Crippen LogP contribution in [0.4, 0.5) is 8.78 Å². The standard InChI is InChI=1S/C21H30F2O/c1-2-15-3-5-16(6-4-15)17-7-9-18(10-8-17)19-11-12-21(24-14-22)20(23)13-19/h11-13,15-18H,2-10,14H2,1H3. The summed E-state index contributed by atoms with van der Waals surface area (Å²) < 4.78 is 30.8. The summed E-state index contributed by atoms with van der Waals surface area (Å²) in [4.78, 5) is 0. The molecule has 1 aromatic carbocycles. The van der Waals surface area contributed by atoms with E-state index in [1.54, 1.807) is 12.1 Å². The fourth-order valence-electron chi connectivity index (χ4n) is 4.94. The lowest BCUT2D eigenvalue weighted by atomic mass is 9.68. The van der Waals surface area contributed by atoms with E-state index < -0.39 is 12.7 Å². The molecule has 2 aliphatic carbocycles. The Kier molecular flexibility index (Phi) is 6.13. The van der Waals surface area contributed by atoms with Crippen LogP contribution in [0.1, 0.15) is 76.2 Å². The third-order valence-electron chi connectivity index (χ3n) is 6.54. The van der Waals surface area contributed by atoms with Gasteiger partial charge in [0.15, 0.2) is 11.6 Å². The minimum Gasteiger partial charge on any atom is -0.460 e. The quantitative estimate of drug-likeness (QED) is 0.587. The monoisotopic (exact) mass is 336 g/mol. The van der Waals surface area contributed by atoms with Crippen LogP contribution >= 0.6 is 0 Å². The van der Waals surface area contributed by atoms with Crippen LogP contribution in [-0.4, -0.2) is 6.86 Å². The van der Waals surface area contributed by atoms with Crippen molar-refractivity contribution in [3.63, 3.8) is 0 Å². The Bertz CT molecular complexity index is 515. The van der Waals surface area contributed by atoms with Gasteiger partial charge in [-0.15, -0.1) is 0 Å². The van der Waals surface area contributed by atoms with Gasteiger partial charge in [0.1, 0.15) is 0 Å². The second-order valence-corrected chi connectivity index (χ2v) is 7.74. The molecule has 2 aliphatic rings. The van der Waals surface area contributed by atoms with Gasteiger partial charge >= 0.3 is 0 Å². The summed E-state index contributed by atoms with van der Waals surface area (Å²) in [5, 5.41) is 0. The van der Waals surface area contributed by atoms with Crippen molar-refractivity contribution >= 4 is 0 Å². The molecule has 0 spiro atoms. The first kappa shape index (κ1) is 17.7. The molecule has 0 atom stereocenters. The Morgan fingerprint density at radius 3 is 2.12 bits per heavy atom. The maximum absolute atomic E-state index is 13.9. The third kappa shape index (κ3) is 4.10. The van der Waals surface area contributed by atoms with Crippen molar-refractivity contribution in [3.05, 3.63) is 29.6 Å². The Morgan fingerprint density at radius 1 is 0.958 bits per heavy atom. The molecule has 1 aromatic rings. The average Bonchev–Trinajstić information content (AvgIpc) is 2.64. The highest BCUT2D eigenvalue weighted by Crippen LogP contribution is 2.44. The summed E-state index contributed by atoms with van der Waals surface area (Å²) in [7, 11) is 0. The van der Waals surface area contributed by atoms with Crippen LogP contribution < -0.4 is 4.74 Å². The van der Waals surface area contributed by atoms with Crippen molar-refractivity contribution in [1.82, 2.24) is 0 Å². The average molecular weight is 336 g/mol. The van der Waals surface area contributed by atoms with Crippen LogP contribution in [0.3, 0.4) is 0 Å². The van der Waals surface area contributed by atoms with E-state index in [0.717, 1.165) is 36.2 Å². The number of hydrogen-bond donors (Lipinski definition) is 0. The van der Waals surface area contributed by atoms with Crippen molar-refractivity contribution in [1.29, 1.82) is 0 Å². The van der Waals surface area contributed by atoms with Gasteiger partial charge in [-0.25, -0.2) is 8.78 Å². The van der Waals surface area contributed by atoms with E-state index >= 15 is 0 Å². The number of ether oxygens (including phenoxy) is 1. The highest BCUT2D eigenvalue weighted by molar-refractivity contribution is 5.31. The topological polar surface area (TPSA) is 9.23 Å². The van der Waals surface area contributed by atoms with Crippen molar-refractivity contribution in [2.75, 3.05) is 6.86 Å². The second kappa shape index (κ2) is 8.31.